The van der Waals surface area contributed by atoms with Gasteiger partial charge in [-0.2, -0.15) is 0 Å². The number of carbonyl (C=O) groups excluding carboxylic acids is 2. The summed E-state index contributed by atoms with van der Waals surface area (Å²) >= 11 is 0. The molecule has 0 saturated carbocycles. The molecule has 3 rings (SSSR count). The second-order valence-electron chi connectivity index (χ2n) is 7.55. The minimum atomic E-state index is -0.203. The summed E-state index contributed by atoms with van der Waals surface area (Å²) < 4.78 is 0. The number of benzene rings is 2. The maximum Gasteiger partial charge on any atom is 0.251 e. The second-order valence-corrected chi connectivity index (χ2v) is 7.55. The van der Waals surface area contributed by atoms with Gasteiger partial charge in [-0.3, -0.25) is 14.5 Å². The summed E-state index contributed by atoms with van der Waals surface area (Å²) in [5.74, 6) is -0.141. The van der Waals surface area contributed by atoms with Gasteiger partial charge in [0.15, 0.2) is 0 Å². The van der Waals surface area contributed by atoms with Crippen LogP contribution in [-0.2, 0) is 11.3 Å². The van der Waals surface area contributed by atoms with E-state index in [0.29, 0.717) is 12.0 Å². The minimum absolute atomic E-state index is 0.00220. The molecule has 0 aromatic heterocycles. The molecule has 1 saturated heterocycles. The Morgan fingerprint density at radius 2 is 1.61 bits per heavy atom. The molecule has 1 aliphatic heterocycles. The molecule has 1 heterocycles. The van der Waals surface area contributed by atoms with Crippen LogP contribution in [0.25, 0.3) is 0 Å². The zero-order valence-electron chi connectivity index (χ0n) is 16.4. The van der Waals surface area contributed by atoms with E-state index in [9.17, 15) is 9.59 Å². The van der Waals surface area contributed by atoms with E-state index in [0.717, 1.165) is 32.5 Å². The van der Waals surface area contributed by atoms with Gasteiger partial charge in [0.1, 0.15) is 0 Å². The van der Waals surface area contributed by atoms with E-state index in [1.54, 1.807) is 12.1 Å². The number of nitrogens with zero attached hydrogens (tertiary/aromatic N) is 1. The normalized spacial score (nSPS) is 16.3. The summed E-state index contributed by atoms with van der Waals surface area (Å²) in [5, 5.41) is 6.02. The van der Waals surface area contributed by atoms with Gasteiger partial charge in [0.2, 0.25) is 5.91 Å². The molecule has 0 spiro atoms. The van der Waals surface area contributed by atoms with E-state index in [4.69, 9.17) is 0 Å². The number of piperidine rings is 1. The van der Waals surface area contributed by atoms with Crippen molar-refractivity contribution in [2.45, 2.75) is 44.8 Å². The molecular weight excluding hydrogens is 350 g/mol. The fourth-order valence-corrected chi connectivity index (χ4v) is 3.59. The summed E-state index contributed by atoms with van der Waals surface area (Å²) in [4.78, 5) is 26.9. The molecule has 2 aromatic carbocycles. The highest BCUT2D eigenvalue weighted by Gasteiger charge is 2.21. The fraction of sp³-hybridized carbons (Fsp3) is 0.391. The highest BCUT2D eigenvalue weighted by Crippen LogP contribution is 2.14. The van der Waals surface area contributed by atoms with E-state index in [1.165, 1.54) is 5.56 Å². The number of carbonyl (C=O) groups is 2. The van der Waals surface area contributed by atoms with Crippen molar-refractivity contribution in [3.8, 4) is 0 Å². The van der Waals surface area contributed by atoms with Crippen LogP contribution in [0.3, 0.4) is 0 Å². The average Bonchev–Trinajstić information content (AvgIpc) is 2.70. The van der Waals surface area contributed by atoms with Crippen LogP contribution < -0.4 is 10.6 Å². The minimum Gasteiger partial charge on any atom is -0.353 e. The van der Waals surface area contributed by atoms with Gasteiger partial charge < -0.3 is 10.6 Å². The highest BCUT2D eigenvalue weighted by molar-refractivity contribution is 5.94. The average molecular weight is 380 g/mol. The van der Waals surface area contributed by atoms with Crippen molar-refractivity contribution in [3.05, 3.63) is 71.8 Å². The first-order valence-corrected chi connectivity index (χ1v) is 10.0. The lowest BCUT2D eigenvalue weighted by molar-refractivity contribution is -0.122. The van der Waals surface area contributed by atoms with Crippen molar-refractivity contribution in [3.63, 3.8) is 0 Å². The molecule has 28 heavy (non-hydrogen) atoms. The monoisotopic (exact) mass is 379 g/mol. The third-order valence-corrected chi connectivity index (χ3v) is 5.11. The topological polar surface area (TPSA) is 61.4 Å². The summed E-state index contributed by atoms with van der Waals surface area (Å²) in [6, 6.07) is 19.6. The first kappa shape index (κ1) is 20.1. The van der Waals surface area contributed by atoms with E-state index < -0.39 is 0 Å². The van der Waals surface area contributed by atoms with Gasteiger partial charge in [0.25, 0.3) is 5.91 Å². The van der Waals surface area contributed by atoms with E-state index in [2.05, 4.69) is 39.8 Å². The van der Waals surface area contributed by atoms with Gasteiger partial charge in [-0.1, -0.05) is 48.5 Å². The van der Waals surface area contributed by atoms with Crippen LogP contribution in [0.5, 0.6) is 0 Å². The SMILES string of the molecule is C[C@H](CC(=O)NC1CCN(Cc2ccccc2)CC1)NC(=O)c1ccccc1. The van der Waals surface area contributed by atoms with Crippen molar-refractivity contribution in [2.75, 3.05) is 13.1 Å². The van der Waals surface area contributed by atoms with Gasteiger partial charge in [-0.05, 0) is 37.5 Å². The second kappa shape index (κ2) is 10.0. The number of hydrogen-bond donors (Lipinski definition) is 2. The van der Waals surface area contributed by atoms with Gasteiger partial charge in [-0.15, -0.1) is 0 Å². The number of likely N-dealkylation sites (tertiary alicyclic amines) is 1. The molecule has 0 aliphatic carbocycles. The fourth-order valence-electron chi connectivity index (χ4n) is 3.59. The highest BCUT2D eigenvalue weighted by atomic mass is 16.2. The molecule has 1 aliphatic rings. The number of nitrogens with one attached hydrogen (secondary N) is 2. The van der Waals surface area contributed by atoms with Crippen LogP contribution in [-0.4, -0.2) is 41.9 Å². The standard InChI is InChI=1S/C23H29N3O2/c1-18(24-23(28)20-10-6-3-7-11-20)16-22(27)25-21-12-14-26(15-13-21)17-19-8-4-2-5-9-19/h2-11,18,21H,12-17H2,1H3,(H,24,28)(H,25,27)/t18-/m1/s1. The lowest BCUT2D eigenvalue weighted by Gasteiger charge is -2.32. The zero-order valence-corrected chi connectivity index (χ0v) is 16.4. The lowest BCUT2D eigenvalue weighted by atomic mass is 10.0. The Bertz CT molecular complexity index is 756. The lowest BCUT2D eigenvalue weighted by Crippen LogP contribution is -2.46. The molecule has 2 N–H and O–H groups in total. The number of rotatable bonds is 7. The van der Waals surface area contributed by atoms with Crippen molar-refractivity contribution < 1.29 is 9.59 Å². The van der Waals surface area contributed by atoms with E-state index >= 15 is 0 Å². The predicted octanol–water partition coefficient (Wildman–Crippen LogP) is 2.98. The Labute approximate surface area is 167 Å². The number of amides is 2. The molecule has 1 fully saturated rings. The molecule has 148 valence electrons. The maximum atomic E-state index is 12.3. The van der Waals surface area contributed by atoms with E-state index in [1.807, 2.05) is 31.2 Å². The van der Waals surface area contributed by atoms with Crippen LogP contribution in [0.2, 0.25) is 0 Å². The van der Waals surface area contributed by atoms with Gasteiger partial charge in [0.05, 0.1) is 0 Å². The molecule has 2 amide bonds. The molecule has 0 bridgehead atoms. The Kier molecular flexibility index (Phi) is 7.20. The first-order chi connectivity index (χ1) is 13.6. The van der Waals surface area contributed by atoms with Crippen molar-refractivity contribution in [1.82, 2.24) is 15.5 Å². The Morgan fingerprint density at radius 3 is 2.25 bits per heavy atom. The predicted molar refractivity (Wildman–Crippen MR) is 111 cm³/mol. The van der Waals surface area contributed by atoms with E-state index in [-0.39, 0.29) is 23.9 Å². The third-order valence-electron chi connectivity index (χ3n) is 5.11. The van der Waals surface area contributed by atoms with Crippen molar-refractivity contribution in [2.24, 2.45) is 0 Å². The zero-order chi connectivity index (χ0) is 19.8. The molecular formula is C23H29N3O2. The molecule has 0 unspecified atom stereocenters. The molecule has 1 atom stereocenters. The van der Waals surface area contributed by atoms with Gasteiger partial charge in [0, 0.05) is 43.7 Å². The van der Waals surface area contributed by atoms with Crippen LogP contribution in [0, 0.1) is 0 Å². The van der Waals surface area contributed by atoms with Gasteiger partial charge in [-0.25, -0.2) is 0 Å². The summed E-state index contributed by atoms with van der Waals surface area (Å²) in [5.41, 5.74) is 1.94. The summed E-state index contributed by atoms with van der Waals surface area (Å²) in [6.45, 7) is 4.80. The van der Waals surface area contributed by atoms with Crippen LogP contribution in [0.15, 0.2) is 60.7 Å². The van der Waals surface area contributed by atoms with Crippen LogP contribution in [0.4, 0.5) is 0 Å². The Morgan fingerprint density at radius 1 is 1.00 bits per heavy atom. The molecule has 2 aromatic rings. The Hall–Kier alpha value is -2.66. The van der Waals surface area contributed by atoms with Crippen molar-refractivity contribution in [1.29, 1.82) is 0 Å². The van der Waals surface area contributed by atoms with Crippen molar-refractivity contribution >= 4 is 11.8 Å². The molecule has 5 heteroatoms. The summed E-state index contributed by atoms with van der Waals surface area (Å²) in [6.07, 6.45) is 2.22. The molecule has 0 radical (unpaired) electrons. The maximum absolute atomic E-state index is 12.3. The summed E-state index contributed by atoms with van der Waals surface area (Å²) in [7, 11) is 0. The molecule has 5 nitrogen and oxygen atoms in total. The smallest absolute Gasteiger partial charge is 0.251 e. The van der Waals surface area contributed by atoms with Crippen LogP contribution >= 0.6 is 0 Å². The quantitative estimate of drug-likeness (QED) is 0.777. The Balaban J connectivity index is 1.36. The largest absolute Gasteiger partial charge is 0.353 e. The van der Waals surface area contributed by atoms with Crippen LogP contribution in [0.1, 0.15) is 42.1 Å². The van der Waals surface area contributed by atoms with Gasteiger partial charge >= 0.3 is 0 Å². The first-order valence-electron chi connectivity index (χ1n) is 10.0. The number of hydrogen-bond acceptors (Lipinski definition) is 3. The third kappa shape index (κ3) is 6.20.